The third-order valence-corrected chi connectivity index (χ3v) is 4.99. The Kier molecular flexibility index (Phi) is 4.38. The number of rotatable bonds is 4. The highest BCUT2D eigenvalue weighted by atomic mass is 32.1. The van der Waals surface area contributed by atoms with E-state index in [1.807, 2.05) is 24.6 Å². The zero-order valence-electron chi connectivity index (χ0n) is 14.4. The Morgan fingerprint density at radius 1 is 1.25 bits per heavy atom. The van der Waals surface area contributed by atoms with Gasteiger partial charge in [-0.1, -0.05) is 0 Å². The van der Waals surface area contributed by atoms with Gasteiger partial charge in [0.2, 0.25) is 0 Å². The van der Waals surface area contributed by atoms with Crippen molar-refractivity contribution in [2.45, 2.75) is 6.18 Å². The van der Waals surface area contributed by atoms with E-state index < -0.39 is 18.6 Å². The zero-order chi connectivity index (χ0) is 19.9. The summed E-state index contributed by atoms with van der Waals surface area (Å²) in [5.41, 5.74) is 3.64. The second-order valence-corrected chi connectivity index (χ2v) is 6.92. The lowest BCUT2D eigenvalue weighted by atomic mass is 10.1. The topological polar surface area (TPSA) is 77.1 Å². The largest absolute Gasteiger partial charge is 0.405 e. The summed E-state index contributed by atoms with van der Waals surface area (Å²) in [6.45, 7) is -1.37. The molecule has 0 fully saturated rings. The average Bonchev–Trinajstić information content (AvgIpc) is 3.37. The van der Waals surface area contributed by atoms with E-state index in [4.69, 9.17) is 0 Å². The van der Waals surface area contributed by atoms with Gasteiger partial charge in [0, 0.05) is 36.8 Å². The molecule has 0 bridgehead atoms. The fourth-order valence-electron chi connectivity index (χ4n) is 2.73. The van der Waals surface area contributed by atoms with Crippen LogP contribution in [0.3, 0.4) is 0 Å². The number of carbonyl (C=O) groups excluding carboxylic acids is 1. The monoisotopic (exact) mass is 406 g/mol. The number of fused-ring (bicyclic) bond motifs is 1. The second-order valence-electron chi connectivity index (χ2n) is 6.01. The van der Waals surface area contributed by atoms with Crippen molar-refractivity contribution in [2.75, 3.05) is 6.54 Å². The van der Waals surface area contributed by atoms with Gasteiger partial charge in [-0.05, 0) is 23.1 Å². The summed E-state index contributed by atoms with van der Waals surface area (Å²) in [6.07, 6.45) is 2.35. The van der Waals surface area contributed by atoms with E-state index in [2.05, 4.69) is 15.2 Å². The smallest absolute Gasteiger partial charge is 0.342 e. The molecule has 28 heavy (non-hydrogen) atoms. The minimum Gasteiger partial charge on any atom is -0.342 e. The molecule has 0 aliphatic heterocycles. The van der Waals surface area contributed by atoms with Crippen LogP contribution in [-0.2, 0) is 7.05 Å². The maximum atomic E-state index is 12.3. The fraction of sp³-hybridized carbons (Fsp3) is 0.176. The van der Waals surface area contributed by atoms with Crippen LogP contribution in [0.5, 0.6) is 0 Å². The van der Waals surface area contributed by atoms with Crippen LogP contribution in [0.25, 0.3) is 28.0 Å². The SMILES string of the molecule is Cn1nccc1-c1cnc2c(-c3csc(C(=O)NCC(F)(F)F)c3)cnn2c1. The van der Waals surface area contributed by atoms with Gasteiger partial charge in [0.15, 0.2) is 5.65 Å². The summed E-state index contributed by atoms with van der Waals surface area (Å²) in [5.74, 6) is -0.767. The van der Waals surface area contributed by atoms with Crippen molar-refractivity contribution in [1.82, 2.24) is 29.7 Å². The van der Waals surface area contributed by atoms with Gasteiger partial charge in [-0.3, -0.25) is 9.48 Å². The quantitative estimate of drug-likeness (QED) is 0.565. The van der Waals surface area contributed by atoms with Gasteiger partial charge in [0.1, 0.15) is 6.54 Å². The molecule has 4 heterocycles. The predicted molar refractivity (Wildman–Crippen MR) is 96.9 cm³/mol. The molecular weight excluding hydrogens is 393 g/mol. The minimum absolute atomic E-state index is 0.185. The van der Waals surface area contributed by atoms with E-state index in [1.165, 1.54) is 6.07 Å². The second kappa shape index (κ2) is 6.75. The molecule has 7 nitrogen and oxygen atoms in total. The van der Waals surface area contributed by atoms with Gasteiger partial charge in [-0.25, -0.2) is 9.50 Å². The first-order valence-corrected chi connectivity index (χ1v) is 8.95. The molecule has 4 aromatic heterocycles. The highest BCUT2D eigenvalue weighted by Gasteiger charge is 2.28. The molecule has 0 aromatic carbocycles. The van der Waals surface area contributed by atoms with Crippen molar-refractivity contribution < 1.29 is 18.0 Å². The van der Waals surface area contributed by atoms with E-state index in [0.717, 1.165) is 22.6 Å². The summed E-state index contributed by atoms with van der Waals surface area (Å²) < 4.78 is 40.1. The number of alkyl halides is 3. The Hall–Kier alpha value is -3.21. The number of aryl methyl sites for hydroxylation is 1. The highest BCUT2D eigenvalue weighted by Crippen LogP contribution is 2.29. The van der Waals surface area contributed by atoms with Crippen LogP contribution >= 0.6 is 11.3 Å². The van der Waals surface area contributed by atoms with Gasteiger partial charge in [-0.15, -0.1) is 11.3 Å². The molecule has 0 unspecified atom stereocenters. The minimum atomic E-state index is -4.45. The Bertz CT molecular complexity index is 1160. The summed E-state index contributed by atoms with van der Waals surface area (Å²) in [4.78, 5) is 16.5. The van der Waals surface area contributed by atoms with Gasteiger partial charge >= 0.3 is 6.18 Å². The van der Waals surface area contributed by atoms with Gasteiger partial charge in [0.25, 0.3) is 5.91 Å². The maximum absolute atomic E-state index is 12.3. The Balaban J connectivity index is 1.61. The van der Waals surface area contributed by atoms with Crippen LogP contribution in [0.1, 0.15) is 9.67 Å². The predicted octanol–water partition coefficient (Wildman–Crippen LogP) is 3.15. The normalized spacial score (nSPS) is 11.9. The number of halogens is 3. The van der Waals surface area contributed by atoms with E-state index in [-0.39, 0.29) is 4.88 Å². The number of aromatic nitrogens is 5. The summed E-state index contributed by atoms with van der Waals surface area (Å²) >= 11 is 1.06. The number of amides is 1. The maximum Gasteiger partial charge on any atom is 0.405 e. The molecule has 4 aromatic rings. The lowest BCUT2D eigenvalue weighted by molar-refractivity contribution is -0.123. The molecule has 1 amide bonds. The lowest BCUT2D eigenvalue weighted by Crippen LogP contribution is -2.33. The average molecular weight is 406 g/mol. The van der Waals surface area contributed by atoms with Crippen LogP contribution in [0.15, 0.2) is 42.3 Å². The van der Waals surface area contributed by atoms with Crippen molar-refractivity contribution >= 4 is 22.9 Å². The molecule has 0 saturated heterocycles. The molecule has 0 aliphatic rings. The number of hydrogen-bond donors (Lipinski definition) is 1. The van der Waals surface area contributed by atoms with Gasteiger partial charge in [0.05, 0.1) is 16.8 Å². The first-order chi connectivity index (χ1) is 13.3. The van der Waals surface area contributed by atoms with Crippen molar-refractivity contribution in [2.24, 2.45) is 7.05 Å². The van der Waals surface area contributed by atoms with Crippen LogP contribution in [0.4, 0.5) is 13.2 Å². The zero-order valence-corrected chi connectivity index (χ0v) is 15.3. The number of nitrogens with one attached hydrogen (secondary N) is 1. The van der Waals surface area contributed by atoms with Crippen molar-refractivity contribution in [3.63, 3.8) is 0 Å². The van der Waals surface area contributed by atoms with Crippen LogP contribution in [-0.4, -0.2) is 43.0 Å². The Labute approximate surface area is 160 Å². The molecular formula is C17H13F3N6OS. The molecule has 144 valence electrons. The molecule has 0 radical (unpaired) electrons. The number of thiophene rings is 1. The molecule has 4 rings (SSSR count). The van der Waals surface area contributed by atoms with Crippen molar-refractivity contribution in [3.8, 4) is 22.4 Å². The lowest BCUT2D eigenvalue weighted by Gasteiger charge is -2.06. The van der Waals surface area contributed by atoms with Crippen LogP contribution in [0, 0.1) is 0 Å². The number of hydrogen-bond acceptors (Lipinski definition) is 5. The summed E-state index contributed by atoms with van der Waals surface area (Å²) in [6, 6.07) is 3.39. The molecule has 0 aliphatic carbocycles. The van der Waals surface area contributed by atoms with E-state index in [1.54, 1.807) is 33.2 Å². The summed E-state index contributed by atoms with van der Waals surface area (Å²) in [7, 11) is 1.82. The first kappa shape index (κ1) is 18.2. The standard InChI is InChI=1S/C17H13F3N6OS/c1-25-13(2-3-23-25)11-5-21-15-12(6-24-26(15)7-11)10-4-14(28-8-10)16(27)22-9-17(18,19)20/h2-8H,9H2,1H3,(H,22,27). The third-order valence-electron chi connectivity index (χ3n) is 4.06. The fourth-order valence-corrected chi connectivity index (χ4v) is 3.55. The van der Waals surface area contributed by atoms with E-state index in [9.17, 15) is 18.0 Å². The van der Waals surface area contributed by atoms with Crippen LogP contribution < -0.4 is 5.32 Å². The Morgan fingerprint density at radius 3 is 2.79 bits per heavy atom. The third kappa shape index (κ3) is 3.48. The Morgan fingerprint density at radius 2 is 2.07 bits per heavy atom. The van der Waals surface area contributed by atoms with Crippen LogP contribution in [0.2, 0.25) is 0 Å². The molecule has 1 N–H and O–H groups in total. The molecule has 0 atom stereocenters. The molecule has 11 heteroatoms. The van der Waals surface area contributed by atoms with Crippen molar-refractivity contribution in [3.05, 3.63) is 47.2 Å². The molecule has 0 saturated carbocycles. The molecule has 0 spiro atoms. The number of carbonyl (C=O) groups is 1. The first-order valence-electron chi connectivity index (χ1n) is 8.07. The highest BCUT2D eigenvalue weighted by molar-refractivity contribution is 7.12. The number of nitrogens with zero attached hydrogens (tertiary/aromatic N) is 5. The van der Waals surface area contributed by atoms with E-state index in [0.29, 0.717) is 16.8 Å². The summed E-state index contributed by atoms with van der Waals surface area (Å²) in [5, 5.41) is 12.0. The van der Waals surface area contributed by atoms with Gasteiger partial charge < -0.3 is 5.32 Å². The van der Waals surface area contributed by atoms with Crippen molar-refractivity contribution in [1.29, 1.82) is 0 Å². The van der Waals surface area contributed by atoms with Gasteiger partial charge in [-0.2, -0.15) is 23.4 Å². The van der Waals surface area contributed by atoms with E-state index >= 15 is 0 Å².